The number of nitrogens with zero attached hydrogens (tertiary/aromatic N) is 1. The van der Waals surface area contributed by atoms with Gasteiger partial charge >= 0.3 is 0 Å². The van der Waals surface area contributed by atoms with Gasteiger partial charge in [0.15, 0.2) is 6.61 Å². The van der Waals surface area contributed by atoms with Crippen LogP contribution in [0.15, 0.2) is 48.5 Å². The monoisotopic (exact) mass is 278 g/mol. The first-order chi connectivity index (χ1) is 10.3. The van der Waals surface area contributed by atoms with E-state index in [4.69, 9.17) is 10.00 Å². The van der Waals surface area contributed by atoms with Gasteiger partial charge in [0.25, 0.3) is 0 Å². The minimum Gasteiger partial charge on any atom is -0.479 e. The highest BCUT2D eigenvalue weighted by Gasteiger charge is 2.31. The second kappa shape index (κ2) is 5.68. The van der Waals surface area contributed by atoms with Crippen LogP contribution in [0.5, 0.6) is 5.75 Å². The third-order valence-corrected chi connectivity index (χ3v) is 3.58. The molecule has 1 unspecified atom stereocenters. The molecule has 4 heteroatoms. The molecular formula is C17H14N2O2. The minimum atomic E-state index is -0.0788. The van der Waals surface area contributed by atoms with Crippen molar-refractivity contribution in [3.8, 4) is 11.8 Å². The highest BCUT2D eigenvalue weighted by atomic mass is 16.5. The molecule has 0 radical (unpaired) electrons. The van der Waals surface area contributed by atoms with Crippen LogP contribution in [-0.4, -0.2) is 12.5 Å². The number of rotatable bonds is 4. The Hall–Kier alpha value is -2.80. The number of fused-ring (bicyclic) bond motifs is 1. The van der Waals surface area contributed by atoms with Crippen molar-refractivity contribution in [2.75, 3.05) is 11.9 Å². The van der Waals surface area contributed by atoms with Gasteiger partial charge in [0.1, 0.15) is 11.8 Å². The van der Waals surface area contributed by atoms with Crippen LogP contribution < -0.4 is 10.1 Å². The van der Waals surface area contributed by atoms with Gasteiger partial charge in [-0.05, 0) is 29.7 Å². The third-order valence-electron chi connectivity index (χ3n) is 3.58. The van der Waals surface area contributed by atoms with E-state index in [1.807, 2.05) is 30.3 Å². The fraction of sp³-hybridized carbons (Fsp3) is 0.176. The molecule has 0 aromatic heterocycles. The Balaban J connectivity index is 1.68. The van der Waals surface area contributed by atoms with Crippen LogP contribution in [0.25, 0.3) is 0 Å². The normalized spacial score (nSPS) is 15.3. The Morgan fingerprint density at radius 1 is 1.29 bits per heavy atom. The van der Waals surface area contributed by atoms with Crippen molar-refractivity contribution in [1.82, 2.24) is 0 Å². The summed E-state index contributed by atoms with van der Waals surface area (Å²) in [4.78, 5) is 12.3. The first-order valence-corrected chi connectivity index (χ1v) is 6.76. The minimum absolute atomic E-state index is 0.00655. The zero-order chi connectivity index (χ0) is 14.7. The topological polar surface area (TPSA) is 62.1 Å². The van der Waals surface area contributed by atoms with Crippen molar-refractivity contribution in [1.29, 1.82) is 5.26 Å². The van der Waals surface area contributed by atoms with Crippen LogP contribution in [0.4, 0.5) is 5.69 Å². The summed E-state index contributed by atoms with van der Waals surface area (Å²) in [5, 5.41) is 11.4. The Kier molecular flexibility index (Phi) is 3.57. The van der Waals surface area contributed by atoms with E-state index in [0.29, 0.717) is 11.4 Å². The van der Waals surface area contributed by atoms with Gasteiger partial charge in [-0.1, -0.05) is 30.3 Å². The van der Waals surface area contributed by atoms with Crippen LogP contribution in [0.2, 0.25) is 0 Å². The molecule has 1 amide bonds. The standard InChI is InChI=1S/C17H14N2O2/c18-8-9-21-14-6-3-5-13(11-14)19-17(20)16-10-12-4-1-2-7-15(12)16/h1-7,11,16H,9-10H2,(H,19,20). The lowest BCUT2D eigenvalue weighted by atomic mass is 9.77. The zero-order valence-corrected chi connectivity index (χ0v) is 11.4. The number of benzene rings is 2. The van der Waals surface area contributed by atoms with Crippen molar-refractivity contribution in [3.05, 3.63) is 59.7 Å². The summed E-state index contributed by atoms with van der Waals surface area (Å²) in [7, 11) is 0. The van der Waals surface area contributed by atoms with Gasteiger partial charge in [-0.25, -0.2) is 0 Å². The molecule has 0 fully saturated rings. The molecule has 104 valence electrons. The molecule has 1 N–H and O–H groups in total. The van der Waals surface area contributed by atoms with Crippen molar-refractivity contribution >= 4 is 11.6 Å². The maximum Gasteiger partial charge on any atom is 0.232 e. The average Bonchev–Trinajstić information content (AvgIpc) is 2.47. The van der Waals surface area contributed by atoms with Gasteiger partial charge in [0.2, 0.25) is 5.91 Å². The number of carbonyl (C=O) groups is 1. The largest absolute Gasteiger partial charge is 0.479 e. The third kappa shape index (κ3) is 2.72. The van der Waals surface area contributed by atoms with Crippen LogP contribution >= 0.6 is 0 Å². The van der Waals surface area contributed by atoms with Gasteiger partial charge in [-0.2, -0.15) is 5.26 Å². The smallest absolute Gasteiger partial charge is 0.232 e. The molecule has 2 aromatic carbocycles. The van der Waals surface area contributed by atoms with Gasteiger partial charge in [0, 0.05) is 11.8 Å². The number of anilines is 1. The fourth-order valence-electron chi connectivity index (χ4n) is 2.50. The van der Waals surface area contributed by atoms with Gasteiger partial charge in [-0.15, -0.1) is 0 Å². The second-order valence-electron chi connectivity index (χ2n) is 4.92. The molecule has 0 spiro atoms. The molecule has 0 bridgehead atoms. The molecular weight excluding hydrogens is 264 g/mol. The van der Waals surface area contributed by atoms with Crippen molar-refractivity contribution in [2.45, 2.75) is 12.3 Å². The summed E-state index contributed by atoms with van der Waals surface area (Å²) in [6.45, 7) is -0.00655. The molecule has 1 atom stereocenters. The quantitative estimate of drug-likeness (QED) is 0.935. The van der Waals surface area contributed by atoms with Gasteiger partial charge in [-0.3, -0.25) is 4.79 Å². The number of carbonyl (C=O) groups excluding carboxylic acids is 1. The maximum atomic E-state index is 12.3. The lowest BCUT2D eigenvalue weighted by Crippen LogP contribution is -2.30. The van der Waals surface area contributed by atoms with E-state index in [1.165, 1.54) is 5.56 Å². The molecule has 4 nitrogen and oxygen atoms in total. The van der Waals surface area contributed by atoms with E-state index in [0.717, 1.165) is 12.0 Å². The van der Waals surface area contributed by atoms with Gasteiger partial charge in [0.05, 0.1) is 5.92 Å². The summed E-state index contributed by atoms with van der Waals surface area (Å²) in [5.74, 6) is 0.486. The maximum absolute atomic E-state index is 12.3. The summed E-state index contributed by atoms with van der Waals surface area (Å²) in [6, 6.07) is 17.0. The molecule has 0 saturated carbocycles. The summed E-state index contributed by atoms with van der Waals surface area (Å²) in [5.41, 5.74) is 3.02. The molecule has 0 saturated heterocycles. The first-order valence-electron chi connectivity index (χ1n) is 6.76. The number of nitrogens with one attached hydrogen (secondary N) is 1. The van der Waals surface area contributed by atoms with Gasteiger partial charge < -0.3 is 10.1 Å². The number of ether oxygens (including phenoxy) is 1. The summed E-state index contributed by atoms with van der Waals surface area (Å²) >= 11 is 0. The molecule has 2 aromatic rings. The average molecular weight is 278 g/mol. The van der Waals surface area contributed by atoms with Crippen molar-refractivity contribution in [3.63, 3.8) is 0 Å². The van der Waals surface area contributed by atoms with Crippen LogP contribution in [0, 0.1) is 11.3 Å². The first kappa shape index (κ1) is 13.2. The molecule has 0 aliphatic heterocycles. The predicted molar refractivity (Wildman–Crippen MR) is 79.1 cm³/mol. The summed E-state index contributed by atoms with van der Waals surface area (Å²) in [6.07, 6.45) is 0.784. The SMILES string of the molecule is N#CCOc1cccc(NC(=O)C2Cc3ccccc32)c1. The Morgan fingerprint density at radius 2 is 2.14 bits per heavy atom. The van der Waals surface area contributed by atoms with Crippen LogP contribution in [-0.2, 0) is 11.2 Å². The zero-order valence-electron chi connectivity index (χ0n) is 11.4. The van der Waals surface area contributed by atoms with Crippen molar-refractivity contribution < 1.29 is 9.53 Å². The van der Waals surface area contributed by atoms with E-state index in [1.54, 1.807) is 18.2 Å². The van der Waals surface area contributed by atoms with E-state index >= 15 is 0 Å². The molecule has 1 aliphatic rings. The highest BCUT2D eigenvalue weighted by Crippen LogP contribution is 2.35. The molecule has 0 heterocycles. The highest BCUT2D eigenvalue weighted by molar-refractivity contribution is 5.97. The Bertz CT molecular complexity index is 719. The molecule has 1 aliphatic carbocycles. The van der Waals surface area contributed by atoms with Crippen LogP contribution in [0.3, 0.4) is 0 Å². The predicted octanol–water partition coefficient (Wildman–Crippen LogP) is 2.87. The number of nitriles is 1. The lowest BCUT2D eigenvalue weighted by molar-refractivity contribution is -0.118. The second-order valence-corrected chi connectivity index (χ2v) is 4.92. The molecule has 3 rings (SSSR count). The van der Waals surface area contributed by atoms with E-state index in [2.05, 4.69) is 11.4 Å². The van der Waals surface area contributed by atoms with Crippen LogP contribution in [0.1, 0.15) is 17.0 Å². The Morgan fingerprint density at radius 3 is 2.95 bits per heavy atom. The lowest BCUT2D eigenvalue weighted by Gasteiger charge is -2.28. The van der Waals surface area contributed by atoms with E-state index in [-0.39, 0.29) is 18.4 Å². The number of hydrogen-bond acceptors (Lipinski definition) is 3. The van der Waals surface area contributed by atoms with E-state index in [9.17, 15) is 4.79 Å². The van der Waals surface area contributed by atoms with E-state index < -0.39 is 0 Å². The number of hydrogen-bond donors (Lipinski definition) is 1. The molecule has 21 heavy (non-hydrogen) atoms. The fourth-order valence-corrected chi connectivity index (χ4v) is 2.50. The summed E-state index contributed by atoms with van der Waals surface area (Å²) < 4.78 is 5.22. The van der Waals surface area contributed by atoms with Crippen molar-refractivity contribution in [2.24, 2.45) is 0 Å². The number of amides is 1. The Labute approximate surface area is 123 Å².